The number of unbranched alkanes of at least 4 members (excludes halogenated alkanes) is 1. The van der Waals surface area contributed by atoms with E-state index in [1.165, 1.54) is 10.5 Å². The Morgan fingerprint density at radius 1 is 1.03 bits per heavy atom. The second kappa shape index (κ2) is 12.2. The van der Waals surface area contributed by atoms with Crippen molar-refractivity contribution >= 4 is 19.2 Å². The van der Waals surface area contributed by atoms with E-state index in [-0.39, 0.29) is 24.6 Å². The maximum atomic E-state index is 13.4. The lowest BCUT2D eigenvalue weighted by molar-refractivity contribution is -0.147. The fraction of sp³-hybridized carbons (Fsp3) is 0.462. The predicted octanol–water partition coefficient (Wildman–Crippen LogP) is 4.87. The van der Waals surface area contributed by atoms with Crippen LogP contribution >= 0.6 is 7.37 Å². The van der Waals surface area contributed by atoms with Gasteiger partial charge in [0.1, 0.15) is 12.2 Å². The lowest BCUT2D eigenvalue weighted by Gasteiger charge is -2.25. The Morgan fingerprint density at radius 2 is 1.67 bits per heavy atom. The highest BCUT2D eigenvalue weighted by Gasteiger charge is 2.41. The number of rotatable bonds is 12. The van der Waals surface area contributed by atoms with Gasteiger partial charge in [-0.1, -0.05) is 60.7 Å². The maximum Gasteiger partial charge on any atom is 0.326 e. The van der Waals surface area contributed by atoms with E-state index in [2.05, 4.69) is 12.1 Å². The maximum absolute atomic E-state index is 13.4. The lowest BCUT2D eigenvalue weighted by Crippen LogP contribution is -2.42. The predicted molar refractivity (Wildman–Crippen MR) is 130 cm³/mol. The number of nitrogens with zero attached hydrogens (tertiary/aromatic N) is 1. The summed E-state index contributed by atoms with van der Waals surface area (Å²) in [6.45, 7) is 2.40. The van der Waals surface area contributed by atoms with Gasteiger partial charge in [-0.2, -0.15) is 0 Å². The average molecular weight is 472 g/mol. The van der Waals surface area contributed by atoms with Gasteiger partial charge in [0.15, 0.2) is 0 Å². The Kier molecular flexibility index (Phi) is 9.28. The molecule has 1 saturated heterocycles. The number of carboxylic acids is 1. The zero-order chi connectivity index (χ0) is 23.7. The smallest absolute Gasteiger partial charge is 0.326 e. The minimum absolute atomic E-state index is 0.0646. The van der Waals surface area contributed by atoms with E-state index in [1.54, 1.807) is 6.92 Å². The number of carbonyl (C=O) groups is 2. The van der Waals surface area contributed by atoms with Crippen LogP contribution in [0.3, 0.4) is 0 Å². The molecular weight excluding hydrogens is 437 g/mol. The number of aryl methyl sites for hydroxylation is 1. The molecule has 1 aliphatic heterocycles. The van der Waals surface area contributed by atoms with Crippen LogP contribution in [-0.4, -0.2) is 53.4 Å². The number of benzene rings is 2. The Labute approximate surface area is 196 Å². The summed E-state index contributed by atoms with van der Waals surface area (Å²) in [6, 6.07) is 19.1. The zero-order valence-electron chi connectivity index (χ0n) is 19.3. The third-order valence-electron chi connectivity index (χ3n) is 6.16. The van der Waals surface area contributed by atoms with E-state index in [0.29, 0.717) is 25.5 Å². The van der Waals surface area contributed by atoms with Crippen LogP contribution in [0.4, 0.5) is 0 Å². The van der Waals surface area contributed by atoms with Gasteiger partial charge in [-0.3, -0.25) is 9.36 Å². The second-order valence-electron chi connectivity index (χ2n) is 8.75. The van der Waals surface area contributed by atoms with Crippen LogP contribution in [0.25, 0.3) is 0 Å². The second-order valence-corrected chi connectivity index (χ2v) is 11.4. The van der Waals surface area contributed by atoms with E-state index in [9.17, 15) is 19.3 Å². The molecule has 3 rings (SSSR count). The van der Waals surface area contributed by atoms with Gasteiger partial charge in [0.2, 0.25) is 13.3 Å². The number of likely N-dealkylation sites (tertiary alicyclic amines) is 1. The molecule has 1 amide bonds. The SMILES string of the molecule is CCOP(=O)(CCCCc1ccccc1)CC(=O)N1CC(Cc2ccccc2)C[C@H]1C(=O)O. The number of carboxylic acid groups (broad SMARTS) is 1. The first-order valence-corrected chi connectivity index (χ1v) is 13.7. The van der Waals surface area contributed by atoms with Crippen molar-refractivity contribution in [2.75, 3.05) is 25.5 Å². The van der Waals surface area contributed by atoms with Crippen molar-refractivity contribution in [3.8, 4) is 0 Å². The summed E-state index contributed by atoms with van der Waals surface area (Å²) in [5.41, 5.74) is 2.35. The van der Waals surface area contributed by atoms with E-state index < -0.39 is 19.4 Å². The van der Waals surface area contributed by atoms with Gasteiger partial charge in [0.25, 0.3) is 0 Å². The van der Waals surface area contributed by atoms with Crippen LogP contribution in [0.2, 0.25) is 0 Å². The summed E-state index contributed by atoms with van der Waals surface area (Å²) in [5, 5.41) is 9.71. The van der Waals surface area contributed by atoms with Crippen molar-refractivity contribution < 1.29 is 23.8 Å². The molecule has 178 valence electrons. The number of aliphatic carboxylic acids is 1. The van der Waals surface area contributed by atoms with Gasteiger partial charge < -0.3 is 14.5 Å². The Bertz CT molecular complexity index is 950. The average Bonchev–Trinajstić information content (AvgIpc) is 3.23. The van der Waals surface area contributed by atoms with Crippen molar-refractivity contribution in [2.24, 2.45) is 5.92 Å². The number of hydrogen-bond donors (Lipinski definition) is 1. The highest BCUT2D eigenvalue weighted by atomic mass is 31.2. The zero-order valence-corrected chi connectivity index (χ0v) is 20.2. The molecule has 2 aromatic carbocycles. The molecule has 2 aromatic rings. The largest absolute Gasteiger partial charge is 0.480 e. The summed E-state index contributed by atoms with van der Waals surface area (Å²) in [4.78, 5) is 26.4. The molecule has 3 atom stereocenters. The van der Waals surface area contributed by atoms with Crippen LogP contribution in [0.1, 0.15) is 37.3 Å². The Hall–Kier alpha value is -2.43. The van der Waals surface area contributed by atoms with Crippen molar-refractivity contribution in [3.63, 3.8) is 0 Å². The van der Waals surface area contributed by atoms with Gasteiger partial charge in [0.05, 0.1) is 6.61 Å². The van der Waals surface area contributed by atoms with Crippen molar-refractivity contribution in [1.29, 1.82) is 0 Å². The number of hydrogen-bond acceptors (Lipinski definition) is 4. The summed E-state index contributed by atoms with van der Waals surface area (Å²) in [5.74, 6) is -1.32. The van der Waals surface area contributed by atoms with Gasteiger partial charge in [-0.25, -0.2) is 4.79 Å². The molecule has 0 radical (unpaired) electrons. The topological polar surface area (TPSA) is 83.9 Å². The molecule has 0 spiro atoms. The Balaban J connectivity index is 1.58. The number of amides is 1. The summed E-state index contributed by atoms with van der Waals surface area (Å²) >= 11 is 0. The fourth-order valence-corrected chi connectivity index (χ4v) is 6.72. The third kappa shape index (κ3) is 7.55. The molecule has 1 N–H and O–H groups in total. The van der Waals surface area contributed by atoms with Crippen molar-refractivity contribution in [1.82, 2.24) is 4.90 Å². The normalized spacial score (nSPS) is 19.8. The van der Waals surface area contributed by atoms with Crippen LogP contribution in [0.5, 0.6) is 0 Å². The van der Waals surface area contributed by atoms with Crippen LogP contribution < -0.4 is 0 Å². The molecule has 33 heavy (non-hydrogen) atoms. The minimum Gasteiger partial charge on any atom is -0.480 e. The van der Waals surface area contributed by atoms with Crippen LogP contribution in [0.15, 0.2) is 60.7 Å². The number of carbonyl (C=O) groups excluding carboxylic acids is 1. The van der Waals surface area contributed by atoms with Crippen LogP contribution in [-0.2, 0) is 31.5 Å². The molecular formula is C26H34NO5P. The van der Waals surface area contributed by atoms with Gasteiger partial charge in [0, 0.05) is 12.7 Å². The van der Waals surface area contributed by atoms with Crippen molar-refractivity contribution in [2.45, 2.75) is 45.1 Å². The molecule has 1 fully saturated rings. The molecule has 6 nitrogen and oxygen atoms in total. The summed E-state index contributed by atoms with van der Waals surface area (Å²) < 4.78 is 19.0. The monoisotopic (exact) mass is 471 g/mol. The molecule has 1 heterocycles. The molecule has 1 aliphatic rings. The quantitative estimate of drug-likeness (QED) is 0.353. The first-order chi connectivity index (χ1) is 15.9. The van der Waals surface area contributed by atoms with Gasteiger partial charge in [-0.05, 0) is 56.1 Å². The molecule has 0 bridgehead atoms. The highest BCUT2D eigenvalue weighted by molar-refractivity contribution is 7.59. The molecule has 0 aromatic heterocycles. The van der Waals surface area contributed by atoms with E-state index in [1.807, 2.05) is 48.5 Å². The third-order valence-corrected chi connectivity index (χ3v) is 8.64. The Morgan fingerprint density at radius 3 is 2.27 bits per heavy atom. The van der Waals surface area contributed by atoms with Crippen LogP contribution in [0, 0.1) is 5.92 Å². The molecule has 7 heteroatoms. The standard InChI is InChI=1S/C26H34NO5P/c1-2-32-33(31,16-10-9-13-21-11-5-3-6-12-21)20-25(28)27-19-23(18-24(27)26(29)30)17-22-14-7-4-8-15-22/h3-8,11-12,14-15,23-24H,2,9-10,13,16-20H2,1H3,(H,29,30)/t23?,24-,33?/m0/s1. The summed E-state index contributed by atoms with van der Waals surface area (Å²) in [7, 11) is -3.18. The van der Waals surface area contributed by atoms with E-state index >= 15 is 0 Å². The first-order valence-electron chi connectivity index (χ1n) is 11.7. The lowest BCUT2D eigenvalue weighted by atomic mass is 9.97. The van der Waals surface area contributed by atoms with Gasteiger partial charge >= 0.3 is 5.97 Å². The molecule has 0 aliphatic carbocycles. The summed E-state index contributed by atoms with van der Waals surface area (Å²) in [6.07, 6.45) is 3.67. The van der Waals surface area contributed by atoms with E-state index in [0.717, 1.165) is 24.8 Å². The van der Waals surface area contributed by atoms with Gasteiger partial charge in [-0.15, -0.1) is 0 Å². The van der Waals surface area contributed by atoms with E-state index in [4.69, 9.17) is 4.52 Å². The molecule has 0 saturated carbocycles. The molecule has 2 unspecified atom stereocenters. The minimum atomic E-state index is -3.18. The van der Waals surface area contributed by atoms with Crippen molar-refractivity contribution in [3.05, 3.63) is 71.8 Å². The highest BCUT2D eigenvalue weighted by Crippen LogP contribution is 2.48. The first kappa shape index (κ1) is 25.2. The fourth-order valence-electron chi connectivity index (χ4n) is 4.58.